The number of pyridine rings is 1. The van der Waals surface area contributed by atoms with Gasteiger partial charge in [-0.1, -0.05) is 6.92 Å². The first kappa shape index (κ1) is 12.9. The molecule has 1 saturated carbocycles. The molecule has 0 amide bonds. The largest absolute Gasteiger partial charge is 0.494 e. The van der Waals surface area contributed by atoms with Crippen molar-refractivity contribution >= 4 is 16.6 Å². The lowest BCUT2D eigenvalue weighted by atomic mass is 9.58. The number of rotatable bonds is 2. The van der Waals surface area contributed by atoms with Crippen LogP contribution in [0.15, 0.2) is 24.4 Å². The molecule has 4 heteroatoms. The Hall–Kier alpha value is -1.84. The van der Waals surface area contributed by atoms with Crippen LogP contribution in [0.5, 0.6) is 5.75 Å². The summed E-state index contributed by atoms with van der Waals surface area (Å²) >= 11 is 0. The number of nitrogens with zero attached hydrogens (tertiary/aromatic N) is 2. The molecule has 110 valence electrons. The van der Waals surface area contributed by atoms with Crippen molar-refractivity contribution in [3.63, 3.8) is 0 Å². The number of hydrogen-bond donors (Lipinski definition) is 0. The molecule has 3 nitrogen and oxygen atoms in total. The molecule has 1 aromatic heterocycles. The average molecular weight is 286 g/mol. The molecular weight excluding hydrogens is 267 g/mol. The Bertz CT molecular complexity index is 701. The van der Waals surface area contributed by atoms with Gasteiger partial charge in [0.15, 0.2) is 11.6 Å². The van der Waals surface area contributed by atoms with E-state index in [1.54, 1.807) is 18.3 Å². The number of benzene rings is 1. The number of aromatic nitrogens is 1. The van der Waals surface area contributed by atoms with E-state index < -0.39 is 0 Å². The third-order valence-electron chi connectivity index (χ3n) is 4.95. The molecule has 2 heterocycles. The van der Waals surface area contributed by atoms with Crippen LogP contribution in [0, 0.1) is 17.2 Å². The summed E-state index contributed by atoms with van der Waals surface area (Å²) in [7, 11) is 1.48. The topological polar surface area (TPSA) is 25.4 Å². The summed E-state index contributed by atoms with van der Waals surface area (Å²) in [5, 5.41) is 0.873. The standard InChI is InChI=1S/C17H19FN2O/c1-11-7-17(8-11)9-20(10-17)15-3-4-19-14-6-16(21-2)13(18)5-12(14)15/h3-6,11H,7-10H2,1-2H3. The van der Waals surface area contributed by atoms with Gasteiger partial charge in [0, 0.05) is 41.8 Å². The summed E-state index contributed by atoms with van der Waals surface area (Å²) in [6.45, 7) is 4.49. The normalized spacial score (nSPS) is 20.4. The van der Waals surface area contributed by atoms with Crippen molar-refractivity contribution in [2.75, 3.05) is 25.1 Å². The smallest absolute Gasteiger partial charge is 0.165 e. The molecule has 2 aromatic rings. The van der Waals surface area contributed by atoms with Gasteiger partial charge >= 0.3 is 0 Å². The first-order chi connectivity index (χ1) is 10.1. The van der Waals surface area contributed by atoms with Crippen LogP contribution in [-0.4, -0.2) is 25.2 Å². The maximum Gasteiger partial charge on any atom is 0.165 e. The zero-order chi connectivity index (χ0) is 14.6. The van der Waals surface area contributed by atoms with Gasteiger partial charge in [-0.25, -0.2) is 4.39 Å². The van der Waals surface area contributed by atoms with Crippen LogP contribution in [-0.2, 0) is 0 Å². The van der Waals surface area contributed by atoms with Crippen molar-refractivity contribution in [3.05, 3.63) is 30.2 Å². The Balaban J connectivity index is 1.68. The lowest BCUT2D eigenvalue weighted by Gasteiger charge is -2.59. The van der Waals surface area contributed by atoms with E-state index in [2.05, 4.69) is 16.8 Å². The van der Waals surface area contributed by atoms with Gasteiger partial charge in [-0.2, -0.15) is 0 Å². The molecular formula is C17H19FN2O. The predicted molar refractivity (Wildman–Crippen MR) is 81.3 cm³/mol. The van der Waals surface area contributed by atoms with Crippen LogP contribution < -0.4 is 9.64 Å². The molecule has 21 heavy (non-hydrogen) atoms. The fourth-order valence-electron chi connectivity index (χ4n) is 4.18. The number of hydrogen-bond acceptors (Lipinski definition) is 3. The van der Waals surface area contributed by atoms with E-state index in [0.717, 1.165) is 35.6 Å². The van der Waals surface area contributed by atoms with E-state index in [1.165, 1.54) is 20.0 Å². The van der Waals surface area contributed by atoms with Gasteiger partial charge < -0.3 is 9.64 Å². The van der Waals surface area contributed by atoms with E-state index in [4.69, 9.17) is 4.74 Å². The first-order valence-electron chi connectivity index (χ1n) is 7.47. The quantitative estimate of drug-likeness (QED) is 0.843. The fraction of sp³-hybridized carbons (Fsp3) is 0.471. The Kier molecular flexibility index (Phi) is 2.65. The van der Waals surface area contributed by atoms with E-state index in [0.29, 0.717) is 5.41 Å². The van der Waals surface area contributed by atoms with Crippen LogP contribution >= 0.6 is 0 Å². The molecule has 1 spiro atoms. The van der Waals surface area contributed by atoms with Crippen molar-refractivity contribution in [1.29, 1.82) is 0 Å². The summed E-state index contributed by atoms with van der Waals surface area (Å²) < 4.78 is 19.0. The highest BCUT2D eigenvalue weighted by Crippen LogP contribution is 2.53. The zero-order valence-corrected chi connectivity index (χ0v) is 12.4. The Morgan fingerprint density at radius 2 is 2.10 bits per heavy atom. The number of halogens is 1. The lowest BCUT2D eigenvalue weighted by Crippen LogP contribution is -2.62. The molecule has 0 bridgehead atoms. The molecule has 4 rings (SSSR count). The van der Waals surface area contributed by atoms with E-state index >= 15 is 0 Å². The highest BCUT2D eigenvalue weighted by molar-refractivity contribution is 5.93. The average Bonchev–Trinajstić information content (AvgIpc) is 2.40. The van der Waals surface area contributed by atoms with Crippen LogP contribution in [0.1, 0.15) is 19.8 Å². The van der Waals surface area contributed by atoms with Crippen LogP contribution in [0.4, 0.5) is 10.1 Å². The number of anilines is 1. The Morgan fingerprint density at radius 1 is 1.33 bits per heavy atom. The summed E-state index contributed by atoms with van der Waals surface area (Å²) in [4.78, 5) is 6.69. The monoisotopic (exact) mass is 286 g/mol. The Labute approximate surface area is 123 Å². The van der Waals surface area contributed by atoms with Gasteiger partial charge in [-0.05, 0) is 30.9 Å². The first-order valence-corrected chi connectivity index (χ1v) is 7.47. The summed E-state index contributed by atoms with van der Waals surface area (Å²) in [5.41, 5.74) is 2.40. The van der Waals surface area contributed by atoms with Crippen molar-refractivity contribution in [2.24, 2.45) is 11.3 Å². The van der Waals surface area contributed by atoms with Gasteiger partial charge in [0.2, 0.25) is 0 Å². The highest BCUT2D eigenvalue weighted by atomic mass is 19.1. The second kappa shape index (κ2) is 4.33. The van der Waals surface area contributed by atoms with Crippen molar-refractivity contribution in [2.45, 2.75) is 19.8 Å². The molecule has 2 fully saturated rings. The SMILES string of the molecule is COc1cc2nccc(N3CC4(CC(C)C4)C3)c2cc1F. The van der Waals surface area contributed by atoms with Crippen LogP contribution in [0.3, 0.4) is 0 Å². The highest BCUT2D eigenvalue weighted by Gasteiger charge is 2.50. The van der Waals surface area contributed by atoms with Crippen molar-refractivity contribution < 1.29 is 9.13 Å². The molecule has 2 aliphatic rings. The minimum atomic E-state index is -0.327. The maximum atomic E-state index is 14.0. The van der Waals surface area contributed by atoms with Crippen molar-refractivity contribution in [3.8, 4) is 5.75 Å². The summed E-state index contributed by atoms with van der Waals surface area (Å²) in [6.07, 6.45) is 4.45. The summed E-state index contributed by atoms with van der Waals surface area (Å²) in [5.74, 6) is 0.787. The molecule has 1 aliphatic heterocycles. The van der Waals surface area contributed by atoms with Gasteiger partial charge in [0.25, 0.3) is 0 Å². The van der Waals surface area contributed by atoms with Gasteiger partial charge in [-0.15, -0.1) is 0 Å². The van der Waals surface area contributed by atoms with E-state index in [-0.39, 0.29) is 11.6 Å². The minimum Gasteiger partial charge on any atom is -0.494 e. The number of ether oxygens (including phenoxy) is 1. The predicted octanol–water partition coefficient (Wildman–Crippen LogP) is 3.62. The fourth-order valence-corrected chi connectivity index (χ4v) is 4.18. The number of methoxy groups -OCH3 is 1. The molecule has 1 aliphatic carbocycles. The van der Waals surface area contributed by atoms with E-state index in [9.17, 15) is 4.39 Å². The van der Waals surface area contributed by atoms with Gasteiger partial charge in [0.1, 0.15) is 0 Å². The zero-order valence-electron chi connectivity index (χ0n) is 12.4. The van der Waals surface area contributed by atoms with Gasteiger partial charge in [0.05, 0.1) is 12.6 Å². The third kappa shape index (κ3) is 1.88. The maximum absolute atomic E-state index is 14.0. The summed E-state index contributed by atoms with van der Waals surface area (Å²) in [6, 6.07) is 5.21. The van der Waals surface area contributed by atoms with Crippen LogP contribution in [0.25, 0.3) is 10.9 Å². The van der Waals surface area contributed by atoms with Crippen molar-refractivity contribution in [1.82, 2.24) is 4.98 Å². The van der Waals surface area contributed by atoms with Gasteiger partial charge in [-0.3, -0.25) is 4.98 Å². The molecule has 0 radical (unpaired) electrons. The molecule has 0 N–H and O–H groups in total. The van der Waals surface area contributed by atoms with Crippen LogP contribution in [0.2, 0.25) is 0 Å². The third-order valence-corrected chi connectivity index (χ3v) is 4.95. The van der Waals surface area contributed by atoms with E-state index in [1.807, 2.05) is 6.07 Å². The second-order valence-corrected chi connectivity index (χ2v) is 6.70. The minimum absolute atomic E-state index is 0.250. The second-order valence-electron chi connectivity index (χ2n) is 6.70. The Morgan fingerprint density at radius 3 is 2.76 bits per heavy atom. The lowest BCUT2D eigenvalue weighted by molar-refractivity contribution is 0.0339. The molecule has 1 aromatic carbocycles. The number of fused-ring (bicyclic) bond motifs is 1. The molecule has 1 saturated heterocycles. The molecule has 0 unspecified atom stereocenters. The molecule has 0 atom stereocenters.